The fourth-order valence-corrected chi connectivity index (χ4v) is 2.61. The Hall–Kier alpha value is -1.08. The summed E-state index contributed by atoms with van der Waals surface area (Å²) in [7, 11) is 1.90. The third-order valence-corrected chi connectivity index (χ3v) is 4.03. The number of hydrogen-bond donors (Lipinski definition) is 2. The van der Waals surface area contributed by atoms with Gasteiger partial charge in [-0.1, -0.05) is 11.8 Å². The van der Waals surface area contributed by atoms with Crippen LogP contribution in [-0.2, 0) is 11.8 Å². The van der Waals surface area contributed by atoms with Crippen LogP contribution in [0.2, 0.25) is 0 Å². The van der Waals surface area contributed by atoms with Gasteiger partial charge in [0.2, 0.25) is 5.91 Å². The fourth-order valence-electron chi connectivity index (χ4n) is 1.54. The highest BCUT2D eigenvalue weighted by atomic mass is 32.2. The van der Waals surface area contributed by atoms with Gasteiger partial charge >= 0.3 is 0 Å². The van der Waals surface area contributed by atoms with Crippen LogP contribution in [0.4, 0.5) is 0 Å². The molecule has 1 heterocycles. The number of nitrogens with zero attached hydrogens (tertiary/aromatic N) is 3. The van der Waals surface area contributed by atoms with Crippen LogP contribution in [0.1, 0.15) is 26.6 Å². The van der Waals surface area contributed by atoms with E-state index >= 15 is 0 Å². The largest absolute Gasteiger partial charge is 0.368 e. The Morgan fingerprint density at radius 2 is 2.17 bits per heavy atom. The van der Waals surface area contributed by atoms with E-state index in [-0.39, 0.29) is 11.9 Å². The van der Waals surface area contributed by atoms with Gasteiger partial charge in [-0.15, -0.1) is 10.2 Å². The number of carbonyl (C=O) groups excluding carboxylic acids is 1. The zero-order valence-electron chi connectivity index (χ0n) is 11.5. The zero-order chi connectivity index (χ0) is 13.9. The molecule has 0 saturated carbocycles. The van der Waals surface area contributed by atoms with Gasteiger partial charge in [0.15, 0.2) is 5.16 Å². The lowest BCUT2D eigenvalue weighted by molar-refractivity contribution is -0.123. The number of carbonyl (C=O) groups is 1. The topological polar surface area (TPSA) is 85.8 Å². The Morgan fingerprint density at radius 3 is 2.56 bits per heavy atom. The third kappa shape index (κ3) is 3.46. The van der Waals surface area contributed by atoms with Gasteiger partial charge < -0.3 is 15.6 Å². The highest BCUT2D eigenvalue weighted by Gasteiger charge is 2.32. The molecule has 1 atom stereocenters. The second kappa shape index (κ2) is 5.71. The first-order valence-corrected chi connectivity index (χ1v) is 6.81. The SMILES string of the molecule is Cc1nnc(SCC(C)(NC(C)C)C(N)=O)n1C. The summed E-state index contributed by atoms with van der Waals surface area (Å²) < 4.78 is 1.89. The van der Waals surface area contributed by atoms with Crippen molar-refractivity contribution in [3.05, 3.63) is 5.82 Å². The minimum atomic E-state index is -0.751. The first-order chi connectivity index (χ1) is 8.26. The summed E-state index contributed by atoms with van der Waals surface area (Å²) in [6.07, 6.45) is 0. The van der Waals surface area contributed by atoms with Crippen LogP contribution in [0, 0.1) is 6.92 Å². The minimum absolute atomic E-state index is 0.185. The molecule has 1 aromatic rings. The predicted molar refractivity (Wildman–Crippen MR) is 72.3 cm³/mol. The molecule has 0 aliphatic carbocycles. The number of amides is 1. The molecule has 0 aromatic carbocycles. The fraction of sp³-hybridized carbons (Fsp3) is 0.727. The average Bonchev–Trinajstić information content (AvgIpc) is 2.56. The standard InChI is InChI=1S/C11H21N5OS/c1-7(2)13-11(4,9(12)17)6-18-10-15-14-8(3)16(10)5/h7,13H,6H2,1-5H3,(H2,12,17). The molecule has 6 nitrogen and oxygen atoms in total. The molecule has 1 unspecified atom stereocenters. The molecule has 0 aliphatic heterocycles. The van der Waals surface area contributed by atoms with Crippen molar-refractivity contribution in [2.45, 2.75) is 44.4 Å². The number of primary amides is 1. The van der Waals surface area contributed by atoms with Crippen molar-refractivity contribution < 1.29 is 4.79 Å². The zero-order valence-corrected chi connectivity index (χ0v) is 12.3. The van der Waals surface area contributed by atoms with Crippen LogP contribution < -0.4 is 11.1 Å². The van der Waals surface area contributed by atoms with Crippen LogP contribution >= 0.6 is 11.8 Å². The molecule has 7 heteroatoms. The molecule has 18 heavy (non-hydrogen) atoms. The Kier molecular flexibility index (Phi) is 4.75. The van der Waals surface area contributed by atoms with Gasteiger partial charge in [0.1, 0.15) is 11.4 Å². The van der Waals surface area contributed by atoms with E-state index in [1.165, 1.54) is 11.8 Å². The van der Waals surface area contributed by atoms with Gasteiger partial charge in [-0.25, -0.2) is 0 Å². The maximum absolute atomic E-state index is 11.6. The van der Waals surface area contributed by atoms with E-state index in [1.807, 2.05) is 39.3 Å². The number of rotatable bonds is 6. The number of nitrogens with two attached hydrogens (primary N) is 1. The summed E-state index contributed by atoms with van der Waals surface area (Å²) in [5, 5.41) is 12.0. The van der Waals surface area contributed by atoms with Crippen molar-refractivity contribution >= 4 is 17.7 Å². The quantitative estimate of drug-likeness (QED) is 0.734. The lowest BCUT2D eigenvalue weighted by Gasteiger charge is -2.29. The number of aromatic nitrogens is 3. The molecule has 0 bridgehead atoms. The van der Waals surface area contributed by atoms with E-state index < -0.39 is 5.54 Å². The van der Waals surface area contributed by atoms with Crippen LogP contribution in [0.15, 0.2) is 5.16 Å². The maximum Gasteiger partial charge on any atom is 0.238 e. The first kappa shape index (κ1) is 15.0. The second-order valence-electron chi connectivity index (χ2n) is 4.87. The molecule has 0 spiro atoms. The molecule has 102 valence electrons. The Balaban J connectivity index is 2.74. The van der Waals surface area contributed by atoms with Crippen molar-refractivity contribution in [3.63, 3.8) is 0 Å². The Labute approximate surface area is 112 Å². The lowest BCUT2D eigenvalue weighted by Crippen LogP contribution is -2.57. The molecular formula is C11H21N5OS. The predicted octanol–water partition coefficient (Wildman–Crippen LogP) is 0.458. The second-order valence-corrected chi connectivity index (χ2v) is 5.82. The summed E-state index contributed by atoms with van der Waals surface area (Å²) >= 11 is 1.47. The van der Waals surface area contributed by atoms with Crippen LogP contribution in [0.5, 0.6) is 0 Å². The monoisotopic (exact) mass is 271 g/mol. The van der Waals surface area contributed by atoms with Crippen molar-refractivity contribution in [2.75, 3.05) is 5.75 Å². The summed E-state index contributed by atoms with van der Waals surface area (Å²) in [5.41, 5.74) is 4.72. The van der Waals surface area contributed by atoms with E-state index in [0.717, 1.165) is 11.0 Å². The van der Waals surface area contributed by atoms with Gasteiger partial charge in [0, 0.05) is 18.8 Å². The lowest BCUT2D eigenvalue weighted by atomic mass is 10.0. The van der Waals surface area contributed by atoms with Gasteiger partial charge in [-0.2, -0.15) is 0 Å². The van der Waals surface area contributed by atoms with Gasteiger partial charge in [-0.3, -0.25) is 4.79 Å². The molecule has 3 N–H and O–H groups in total. The summed E-state index contributed by atoms with van der Waals surface area (Å²) in [6.45, 7) is 7.67. The summed E-state index contributed by atoms with van der Waals surface area (Å²) in [5.74, 6) is 1.00. The summed E-state index contributed by atoms with van der Waals surface area (Å²) in [4.78, 5) is 11.6. The average molecular weight is 271 g/mol. The molecule has 0 radical (unpaired) electrons. The van der Waals surface area contributed by atoms with Crippen molar-refractivity contribution in [1.82, 2.24) is 20.1 Å². The maximum atomic E-state index is 11.6. The van der Waals surface area contributed by atoms with E-state index in [0.29, 0.717) is 5.75 Å². The molecule has 0 fully saturated rings. The van der Waals surface area contributed by atoms with Crippen LogP contribution in [-0.4, -0.2) is 38.0 Å². The highest BCUT2D eigenvalue weighted by molar-refractivity contribution is 7.99. The van der Waals surface area contributed by atoms with Crippen LogP contribution in [0.25, 0.3) is 0 Å². The van der Waals surface area contributed by atoms with Crippen molar-refractivity contribution in [1.29, 1.82) is 0 Å². The molecular weight excluding hydrogens is 250 g/mol. The summed E-state index contributed by atoms with van der Waals surface area (Å²) in [6, 6.07) is 0.185. The molecule has 1 rings (SSSR count). The highest BCUT2D eigenvalue weighted by Crippen LogP contribution is 2.21. The molecule has 1 aromatic heterocycles. The number of aryl methyl sites for hydroxylation is 1. The van der Waals surface area contributed by atoms with Crippen molar-refractivity contribution in [3.8, 4) is 0 Å². The number of nitrogens with one attached hydrogen (secondary N) is 1. The van der Waals surface area contributed by atoms with Crippen LogP contribution in [0.3, 0.4) is 0 Å². The number of thioether (sulfide) groups is 1. The smallest absolute Gasteiger partial charge is 0.238 e. The molecule has 0 saturated heterocycles. The Bertz CT molecular complexity index is 431. The van der Waals surface area contributed by atoms with Gasteiger partial charge in [0.05, 0.1) is 0 Å². The third-order valence-electron chi connectivity index (χ3n) is 2.69. The normalized spacial score (nSPS) is 14.8. The minimum Gasteiger partial charge on any atom is -0.368 e. The van der Waals surface area contributed by atoms with E-state index in [4.69, 9.17) is 5.73 Å². The van der Waals surface area contributed by atoms with E-state index in [1.54, 1.807) is 0 Å². The van der Waals surface area contributed by atoms with E-state index in [2.05, 4.69) is 15.5 Å². The number of hydrogen-bond acceptors (Lipinski definition) is 5. The molecule has 0 aliphatic rings. The van der Waals surface area contributed by atoms with Crippen molar-refractivity contribution in [2.24, 2.45) is 12.8 Å². The Morgan fingerprint density at radius 1 is 1.56 bits per heavy atom. The van der Waals surface area contributed by atoms with E-state index in [9.17, 15) is 4.79 Å². The molecule has 1 amide bonds. The first-order valence-electron chi connectivity index (χ1n) is 5.82. The van der Waals surface area contributed by atoms with Gasteiger partial charge in [-0.05, 0) is 27.7 Å². The van der Waals surface area contributed by atoms with Gasteiger partial charge in [0.25, 0.3) is 0 Å².